The molecule has 8 nitrogen and oxygen atoms in total. The molecule has 2 aromatic carbocycles. The predicted octanol–water partition coefficient (Wildman–Crippen LogP) is 3.29. The minimum atomic E-state index is -3.65. The minimum Gasteiger partial charge on any atom is -0.326 e. The first-order chi connectivity index (χ1) is 16.3. The summed E-state index contributed by atoms with van der Waals surface area (Å²) in [7, 11) is -7.21. The van der Waals surface area contributed by atoms with Crippen molar-refractivity contribution < 1.29 is 21.6 Å². The fourth-order valence-corrected chi connectivity index (χ4v) is 7.56. The van der Waals surface area contributed by atoms with E-state index in [0.29, 0.717) is 38.2 Å². The molecular formula is C24H31N3O5S2. The first-order valence-corrected chi connectivity index (χ1v) is 14.6. The standard InChI is InChI=1S/C24H31N3O5S2/c28-24(20-9-8-18-27(19-20)34(31,32)22-10-4-3-5-11-22)25-21-12-14-23(15-13-21)33(29,30)26-16-6-1-2-7-17-26/h3-5,10-15,20H,1-2,6-9,16-19H2,(H,25,28)/t20-/m0/s1. The topological polar surface area (TPSA) is 104 Å². The van der Waals surface area contributed by atoms with E-state index >= 15 is 0 Å². The van der Waals surface area contributed by atoms with E-state index in [0.717, 1.165) is 25.7 Å². The van der Waals surface area contributed by atoms with E-state index in [-0.39, 0.29) is 22.2 Å². The van der Waals surface area contributed by atoms with Crippen molar-refractivity contribution in [1.29, 1.82) is 0 Å². The zero-order chi connectivity index (χ0) is 24.2. The Hall–Kier alpha value is -2.27. The highest BCUT2D eigenvalue weighted by atomic mass is 32.2. The van der Waals surface area contributed by atoms with Crippen LogP contribution in [-0.2, 0) is 24.8 Å². The SMILES string of the molecule is O=C(Nc1ccc(S(=O)(=O)N2CCCCCC2)cc1)[C@H]1CCCN(S(=O)(=O)c2ccccc2)C1. The van der Waals surface area contributed by atoms with Gasteiger partial charge in [-0.05, 0) is 62.1 Å². The molecule has 10 heteroatoms. The zero-order valence-corrected chi connectivity index (χ0v) is 20.7. The number of sulfonamides is 2. The molecule has 2 aliphatic rings. The average molecular weight is 506 g/mol. The van der Waals surface area contributed by atoms with E-state index in [1.807, 2.05) is 0 Å². The van der Waals surface area contributed by atoms with Crippen LogP contribution in [0.5, 0.6) is 0 Å². The average Bonchev–Trinajstić information content (AvgIpc) is 3.15. The molecule has 0 bridgehead atoms. The molecule has 2 saturated heterocycles. The number of nitrogens with one attached hydrogen (secondary N) is 1. The summed E-state index contributed by atoms with van der Waals surface area (Å²) in [5, 5.41) is 2.82. The molecule has 4 rings (SSSR count). The van der Waals surface area contributed by atoms with E-state index < -0.39 is 26.0 Å². The van der Waals surface area contributed by atoms with Crippen molar-refractivity contribution in [3.05, 3.63) is 54.6 Å². The fraction of sp³-hybridized carbons (Fsp3) is 0.458. The summed E-state index contributed by atoms with van der Waals surface area (Å²) in [5.74, 6) is -0.746. The molecule has 0 unspecified atom stereocenters. The van der Waals surface area contributed by atoms with Gasteiger partial charge in [-0.25, -0.2) is 16.8 Å². The summed E-state index contributed by atoms with van der Waals surface area (Å²) in [6.45, 7) is 1.56. The van der Waals surface area contributed by atoms with Gasteiger partial charge in [-0.3, -0.25) is 4.79 Å². The second-order valence-electron chi connectivity index (χ2n) is 8.85. The summed E-state index contributed by atoms with van der Waals surface area (Å²) in [5.41, 5.74) is 0.489. The van der Waals surface area contributed by atoms with Crippen LogP contribution >= 0.6 is 0 Å². The Morgan fingerprint density at radius 2 is 1.26 bits per heavy atom. The van der Waals surface area contributed by atoms with Gasteiger partial charge >= 0.3 is 0 Å². The van der Waals surface area contributed by atoms with E-state index in [1.165, 1.54) is 20.7 Å². The molecule has 0 radical (unpaired) electrons. The third kappa shape index (κ3) is 5.51. The molecule has 2 heterocycles. The Morgan fingerprint density at radius 1 is 0.706 bits per heavy atom. The first-order valence-electron chi connectivity index (χ1n) is 11.7. The molecule has 1 amide bonds. The van der Waals surface area contributed by atoms with Crippen LogP contribution in [0.4, 0.5) is 5.69 Å². The molecular weight excluding hydrogens is 474 g/mol. The highest BCUT2D eigenvalue weighted by Gasteiger charge is 2.33. The minimum absolute atomic E-state index is 0.116. The number of rotatable bonds is 6. The maximum atomic E-state index is 12.9. The number of hydrogen-bond acceptors (Lipinski definition) is 5. The Morgan fingerprint density at radius 3 is 1.91 bits per heavy atom. The van der Waals surface area contributed by atoms with Crippen molar-refractivity contribution in [3.63, 3.8) is 0 Å². The normalized spacial score (nSPS) is 21.0. The Labute approximate surface area is 202 Å². The van der Waals surface area contributed by atoms with Crippen molar-refractivity contribution >= 4 is 31.6 Å². The molecule has 2 fully saturated rings. The number of hydrogen-bond donors (Lipinski definition) is 1. The van der Waals surface area contributed by atoms with Crippen LogP contribution < -0.4 is 5.32 Å². The largest absolute Gasteiger partial charge is 0.326 e. The molecule has 184 valence electrons. The van der Waals surface area contributed by atoms with E-state index in [1.54, 1.807) is 42.5 Å². The lowest BCUT2D eigenvalue weighted by Crippen LogP contribution is -2.43. The molecule has 0 saturated carbocycles. The molecule has 0 aromatic heterocycles. The van der Waals surface area contributed by atoms with Crippen LogP contribution in [0.2, 0.25) is 0 Å². The van der Waals surface area contributed by atoms with Gasteiger partial charge in [-0.2, -0.15) is 8.61 Å². The van der Waals surface area contributed by atoms with Crippen LogP contribution in [0.15, 0.2) is 64.4 Å². The van der Waals surface area contributed by atoms with Crippen LogP contribution in [0.1, 0.15) is 38.5 Å². The second-order valence-corrected chi connectivity index (χ2v) is 12.7. The lowest BCUT2D eigenvalue weighted by Gasteiger charge is -2.31. The lowest BCUT2D eigenvalue weighted by atomic mass is 9.99. The van der Waals surface area contributed by atoms with Crippen LogP contribution in [0.3, 0.4) is 0 Å². The zero-order valence-electron chi connectivity index (χ0n) is 19.1. The van der Waals surface area contributed by atoms with Crippen LogP contribution in [0.25, 0.3) is 0 Å². The Bertz CT molecular complexity index is 1190. The summed E-state index contributed by atoms with van der Waals surface area (Å²) in [6.07, 6.45) is 5.01. The number of benzene rings is 2. The number of amides is 1. The molecule has 1 N–H and O–H groups in total. The molecule has 34 heavy (non-hydrogen) atoms. The van der Waals surface area contributed by atoms with Crippen molar-refractivity contribution in [2.75, 3.05) is 31.5 Å². The maximum absolute atomic E-state index is 12.9. The monoisotopic (exact) mass is 505 g/mol. The van der Waals surface area contributed by atoms with Gasteiger partial charge < -0.3 is 5.32 Å². The fourth-order valence-electron chi connectivity index (χ4n) is 4.50. The molecule has 2 aliphatic heterocycles. The van der Waals surface area contributed by atoms with Gasteiger partial charge in [0.15, 0.2) is 0 Å². The summed E-state index contributed by atoms with van der Waals surface area (Å²) < 4.78 is 54.7. The maximum Gasteiger partial charge on any atom is 0.243 e. The van der Waals surface area contributed by atoms with Crippen molar-refractivity contribution in [3.8, 4) is 0 Å². The van der Waals surface area contributed by atoms with Gasteiger partial charge in [0.05, 0.1) is 15.7 Å². The van der Waals surface area contributed by atoms with Gasteiger partial charge in [0.1, 0.15) is 0 Å². The molecule has 0 spiro atoms. The van der Waals surface area contributed by atoms with Crippen LogP contribution in [0, 0.1) is 5.92 Å². The number of anilines is 1. The summed E-state index contributed by atoms with van der Waals surface area (Å²) in [6, 6.07) is 14.4. The summed E-state index contributed by atoms with van der Waals surface area (Å²) in [4.78, 5) is 13.3. The number of carbonyl (C=O) groups is 1. The third-order valence-corrected chi connectivity index (χ3v) is 10.3. The number of nitrogens with zero attached hydrogens (tertiary/aromatic N) is 2. The predicted molar refractivity (Wildman–Crippen MR) is 130 cm³/mol. The third-order valence-electron chi connectivity index (χ3n) is 6.46. The van der Waals surface area contributed by atoms with E-state index in [2.05, 4.69) is 5.32 Å². The highest BCUT2D eigenvalue weighted by molar-refractivity contribution is 7.89. The van der Waals surface area contributed by atoms with Crippen molar-refractivity contribution in [2.24, 2.45) is 5.92 Å². The summed E-state index contributed by atoms with van der Waals surface area (Å²) >= 11 is 0. The smallest absolute Gasteiger partial charge is 0.243 e. The first kappa shape index (κ1) is 24.8. The molecule has 1 atom stereocenters. The Kier molecular flexibility index (Phi) is 7.71. The van der Waals surface area contributed by atoms with Gasteiger partial charge in [-0.1, -0.05) is 31.0 Å². The van der Waals surface area contributed by atoms with E-state index in [4.69, 9.17) is 0 Å². The van der Waals surface area contributed by atoms with E-state index in [9.17, 15) is 21.6 Å². The van der Waals surface area contributed by atoms with Crippen LogP contribution in [-0.4, -0.2) is 57.5 Å². The van der Waals surface area contributed by atoms with Gasteiger partial charge in [0.25, 0.3) is 0 Å². The van der Waals surface area contributed by atoms with Crippen molar-refractivity contribution in [1.82, 2.24) is 8.61 Å². The quantitative estimate of drug-likeness (QED) is 0.649. The lowest BCUT2D eigenvalue weighted by molar-refractivity contribution is -0.120. The molecule has 0 aliphatic carbocycles. The second kappa shape index (κ2) is 10.6. The number of piperidine rings is 1. The van der Waals surface area contributed by atoms with Gasteiger partial charge in [0, 0.05) is 31.9 Å². The van der Waals surface area contributed by atoms with Gasteiger partial charge in [0.2, 0.25) is 26.0 Å². The molecule has 2 aromatic rings. The van der Waals surface area contributed by atoms with Gasteiger partial charge in [-0.15, -0.1) is 0 Å². The number of carbonyl (C=O) groups excluding carboxylic acids is 1. The highest BCUT2D eigenvalue weighted by Crippen LogP contribution is 2.26. The Balaban J connectivity index is 1.40. The van der Waals surface area contributed by atoms with Crippen molar-refractivity contribution in [2.45, 2.75) is 48.3 Å².